The predicted octanol–water partition coefficient (Wildman–Crippen LogP) is 5.34. The van der Waals surface area contributed by atoms with Crippen molar-refractivity contribution in [1.82, 2.24) is 4.98 Å². The van der Waals surface area contributed by atoms with Crippen LogP contribution in [0.2, 0.25) is 0 Å². The SMILES string of the molecule is CCOc1ccc2nc(N3C(=O)C(=O)C(=C(O)c4ccccc4)C3c3ccc(OC)c(OC)c3)sc2c1. The molecule has 1 saturated heterocycles. The van der Waals surface area contributed by atoms with Crippen molar-refractivity contribution in [3.8, 4) is 17.2 Å². The highest BCUT2D eigenvalue weighted by Gasteiger charge is 2.48. The first-order chi connectivity index (χ1) is 18.0. The number of anilines is 1. The second-order valence-corrected chi connectivity index (χ2v) is 9.22. The lowest BCUT2D eigenvalue weighted by Gasteiger charge is -2.23. The minimum Gasteiger partial charge on any atom is -0.507 e. The molecule has 1 N–H and O–H groups in total. The van der Waals surface area contributed by atoms with Gasteiger partial charge in [-0.1, -0.05) is 47.7 Å². The van der Waals surface area contributed by atoms with Crippen molar-refractivity contribution in [2.24, 2.45) is 0 Å². The van der Waals surface area contributed by atoms with Crippen LogP contribution < -0.4 is 19.1 Å². The van der Waals surface area contributed by atoms with E-state index in [1.165, 1.54) is 30.5 Å². The van der Waals surface area contributed by atoms with Crippen molar-refractivity contribution in [1.29, 1.82) is 0 Å². The second kappa shape index (κ2) is 9.94. The predicted molar refractivity (Wildman–Crippen MR) is 142 cm³/mol. The van der Waals surface area contributed by atoms with Gasteiger partial charge in [-0.3, -0.25) is 14.5 Å². The number of fused-ring (bicyclic) bond motifs is 1. The average Bonchev–Trinajstić information content (AvgIpc) is 3.46. The number of ether oxygens (including phenoxy) is 3. The molecule has 1 aromatic heterocycles. The first-order valence-electron chi connectivity index (χ1n) is 11.6. The summed E-state index contributed by atoms with van der Waals surface area (Å²) in [5.74, 6) is -0.226. The number of methoxy groups -OCH3 is 2. The van der Waals surface area contributed by atoms with Gasteiger partial charge in [0.15, 0.2) is 16.6 Å². The van der Waals surface area contributed by atoms with Gasteiger partial charge in [0, 0.05) is 5.56 Å². The van der Waals surface area contributed by atoms with Gasteiger partial charge >= 0.3 is 5.91 Å². The van der Waals surface area contributed by atoms with E-state index in [-0.39, 0.29) is 11.3 Å². The maximum Gasteiger partial charge on any atom is 0.301 e. The summed E-state index contributed by atoms with van der Waals surface area (Å²) >= 11 is 1.27. The van der Waals surface area contributed by atoms with Crippen molar-refractivity contribution in [2.45, 2.75) is 13.0 Å². The molecule has 1 aliphatic rings. The molecule has 0 saturated carbocycles. The lowest BCUT2D eigenvalue weighted by Crippen LogP contribution is -2.29. The van der Waals surface area contributed by atoms with E-state index in [0.29, 0.717) is 45.6 Å². The minimum absolute atomic E-state index is 0.0299. The molecule has 2 heterocycles. The summed E-state index contributed by atoms with van der Waals surface area (Å²) in [6, 6.07) is 18.3. The molecule has 3 aromatic carbocycles. The molecule has 0 bridgehead atoms. The Hall–Kier alpha value is -4.37. The van der Waals surface area contributed by atoms with Gasteiger partial charge < -0.3 is 19.3 Å². The van der Waals surface area contributed by atoms with E-state index < -0.39 is 17.7 Å². The third-order valence-corrected chi connectivity index (χ3v) is 7.10. The van der Waals surface area contributed by atoms with Crippen LogP contribution in [-0.2, 0) is 9.59 Å². The van der Waals surface area contributed by atoms with Gasteiger partial charge in [-0.05, 0) is 42.8 Å². The normalized spacial score (nSPS) is 16.8. The Kier molecular flexibility index (Phi) is 6.54. The number of carbonyl (C=O) groups excluding carboxylic acids is 2. The minimum atomic E-state index is -0.938. The zero-order valence-electron chi connectivity index (χ0n) is 20.4. The summed E-state index contributed by atoms with van der Waals surface area (Å²) in [7, 11) is 3.03. The molecule has 0 spiro atoms. The Morgan fingerprint density at radius 2 is 1.76 bits per heavy atom. The lowest BCUT2D eigenvalue weighted by molar-refractivity contribution is -0.132. The fourth-order valence-electron chi connectivity index (χ4n) is 4.37. The highest BCUT2D eigenvalue weighted by atomic mass is 32.1. The molecule has 1 atom stereocenters. The molecule has 1 unspecified atom stereocenters. The number of amides is 1. The zero-order chi connectivity index (χ0) is 26.1. The number of hydrogen-bond acceptors (Lipinski definition) is 8. The third-order valence-electron chi connectivity index (χ3n) is 6.08. The maximum absolute atomic E-state index is 13.5. The molecular weight excluding hydrogens is 492 g/mol. The van der Waals surface area contributed by atoms with Crippen LogP contribution in [0.25, 0.3) is 16.0 Å². The highest BCUT2D eigenvalue weighted by Crippen LogP contribution is 2.46. The monoisotopic (exact) mass is 516 g/mol. The van der Waals surface area contributed by atoms with Crippen molar-refractivity contribution in [2.75, 3.05) is 25.7 Å². The van der Waals surface area contributed by atoms with Crippen LogP contribution in [0.15, 0.2) is 72.3 Å². The Balaban J connectivity index is 1.72. The van der Waals surface area contributed by atoms with E-state index in [1.54, 1.807) is 48.5 Å². The van der Waals surface area contributed by atoms with Crippen LogP contribution in [0.3, 0.4) is 0 Å². The summed E-state index contributed by atoms with van der Waals surface area (Å²) in [5, 5.41) is 11.6. The molecule has 1 fully saturated rings. The van der Waals surface area contributed by atoms with Gasteiger partial charge in [-0.2, -0.15) is 0 Å². The van der Waals surface area contributed by atoms with Crippen LogP contribution in [-0.4, -0.2) is 42.6 Å². The fourth-order valence-corrected chi connectivity index (χ4v) is 5.39. The summed E-state index contributed by atoms with van der Waals surface area (Å²) < 4.78 is 17.2. The van der Waals surface area contributed by atoms with Crippen LogP contribution in [0.5, 0.6) is 17.2 Å². The quantitative estimate of drug-likeness (QED) is 0.201. The van der Waals surface area contributed by atoms with Crippen molar-refractivity contribution >= 4 is 44.1 Å². The molecule has 1 amide bonds. The number of aliphatic hydroxyl groups is 1. The molecular formula is C28H24N2O6S. The number of nitrogens with zero attached hydrogens (tertiary/aromatic N) is 2. The third kappa shape index (κ3) is 4.27. The Morgan fingerprint density at radius 3 is 2.46 bits per heavy atom. The Bertz CT molecular complexity index is 1530. The average molecular weight is 517 g/mol. The number of carbonyl (C=O) groups is 2. The number of ketones is 1. The Morgan fingerprint density at radius 1 is 1.00 bits per heavy atom. The molecule has 0 aliphatic carbocycles. The first-order valence-corrected chi connectivity index (χ1v) is 12.4. The number of aliphatic hydroxyl groups excluding tert-OH is 1. The summed E-state index contributed by atoms with van der Waals surface area (Å²) in [6.07, 6.45) is 0. The fraction of sp³-hybridized carbons (Fsp3) is 0.179. The number of thiazole rings is 1. The van der Waals surface area contributed by atoms with E-state index >= 15 is 0 Å². The molecule has 4 aromatic rings. The van der Waals surface area contributed by atoms with Crippen molar-refractivity contribution < 1.29 is 28.9 Å². The Labute approximate surface area is 217 Å². The van der Waals surface area contributed by atoms with Crippen LogP contribution in [0.1, 0.15) is 24.1 Å². The number of benzene rings is 3. The largest absolute Gasteiger partial charge is 0.507 e. The molecule has 188 valence electrons. The van der Waals surface area contributed by atoms with Gasteiger partial charge in [0.25, 0.3) is 5.78 Å². The standard InChI is InChI=1S/C28H24N2O6S/c1-4-36-18-11-12-19-22(15-18)37-28(29-19)30-24(17-10-13-20(34-2)21(14-17)35-3)23(26(32)27(30)33)25(31)16-8-6-5-7-9-16/h5-15,24,31H,4H2,1-3H3. The summed E-state index contributed by atoms with van der Waals surface area (Å²) in [5.41, 5.74) is 1.62. The summed E-state index contributed by atoms with van der Waals surface area (Å²) in [6.45, 7) is 2.42. The van der Waals surface area contributed by atoms with Gasteiger partial charge in [-0.25, -0.2) is 4.98 Å². The zero-order valence-corrected chi connectivity index (χ0v) is 21.2. The molecule has 8 nitrogen and oxygen atoms in total. The maximum atomic E-state index is 13.5. The first kappa shape index (κ1) is 24.3. The van der Waals surface area contributed by atoms with E-state index in [4.69, 9.17) is 14.2 Å². The molecule has 5 rings (SSSR count). The van der Waals surface area contributed by atoms with Crippen LogP contribution in [0.4, 0.5) is 5.13 Å². The van der Waals surface area contributed by atoms with E-state index in [0.717, 1.165) is 4.70 Å². The molecule has 37 heavy (non-hydrogen) atoms. The molecule has 9 heteroatoms. The van der Waals surface area contributed by atoms with E-state index in [1.807, 2.05) is 25.1 Å². The lowest BCUT2D eigenvalue weighted by atomic mass is 9.95. The molecule has 0 radical (unpaired) electrons. The second-order valence-electron chi connectivity index (χ2n) is 8.21. The van der Waals surface area contributed by atoms with Gasteiger partial charge in [-0.15, -0.1) is 0 Å². The topological polar surface area (TPSA) is 98.2 Å². The number of hydrogen-bond donors (Lipinski definition) is 1. The van der Waals surface area contributed by atoms with Crippen molar-refractivity contribution in [3.63, 3.8) is 0 Å². The van der Waals surface area contributed by atoms with Gasteiger partial charge in [0.05, 0.1) is 42.7 Å². The van der Waals surface area contributed by atoms with Gasteiger partial charge in [0.1, 0.15) is 11.5 Å². The van der Waals surface area contributed by atoms with E-state index in [2.05, 4.69) is 4.98 Å². The number of aromatic nitrogens is 1. The number of rotatable bonds is 7. The molecule has 1 aliphatic heterocycles. The van der Waals surface area contributed by atoms with Crippen LogP contribution in [0, 0.1) is 0 Å². The number of Topliss-reactive ketones (excluding diaryl/α,β-unsaturated/α-hetero) is 1. The van der Waals surface area contributed by atoms with Crippen molar-refractivity contribution in [3.05, 3.63) is 83.4 Å². The summed E-state index contributed by atoms with van der Waals surface area (Å²) in [4.78, 5) is 32.9. The van der Waals surface area contributed by atoms with Gasteiger partial charge in [0.2, 0.25) is 0 Å². The van der Waals surface area contributed by atoms with E-state index in [9.17, 15) is 14.7 Å². The smallest absolute Gasteiger partial charge is 0.301 e. The van der Waals surface area contributed by atoms with Crippen LogP contribution >= 0.6 is 11.3 Å². The highest BCUT2D eigenvalue weighted by molar-refractivity contribution is 7.22.